The molecule has 0 saturated heterocycles. The minimum atomic E-state index is -0.116. The Morgan fingerprint density at radius 1 is 1.44 bits per heavy atom. The molecule has 1 aromatic carbocycles. The van der Waals surface area contributed by atoms with Crippen LogP contribution in [0.4, 0.5) is 0 Å². The summed E-state index contributed by atoms with van der Waals surface area (Å²) in [6, 6.07) is 6.15. The second kappa shape index (κ2) is 5.43. The zero-order chi connectivity index (χ0) is 13.2. The second-order valence-corrected chi connectivity index (χ2v) is 5.92. The van der Waals surface area contributed by atoms with Gasteiger partial charge in [0.2, 0.25) is 0 Å². The van der Waals surface area contributed by atoms with Gasteiger partial charge in [0.15, 0.2) is 11.5 Å². The summed E-state index contributed by atoms with van der Waals surface area (Å²) in [7, 11) is 0. The first kappa shape index (κ1) is 13.6. The van der Waals surface area contributed by atoms with Gasteiger partial charge in [-0.1, -0.05) is 19.1 Å². The van der Waals surface area contributed by atoms with E-state index in [-0.39, 0.29) is 5.60 Å². The SMILES string of the molecule is CCC(CS)COc1cccc2c1OC(C)(C)C2. The van der Waals surface area contributed by atoms with Crippen molar-refractivity contribution in [1.29, 1.82) is 0 Å². The lowest BCUT2D eigenvalue weighted by Gasteiger charge is -2.19. The Balaban J connectivity index is 2.10. The average molecular weight is 266 g/mol. The van der Waals surface area contributed by atoms with Crippen LogP contribution in [0.3, 0.4) is 0 Å². The highest BCUT2D eigenvalue weighted by Gasteiger charge is 2.32. The first-order valence-electron chi connectivity index (χ1n) is 6.60. The smallest absolute Gasteiger partial charge is 0.165 e. The van der Waals surface area contributed by atoms with Gasteiger partial charge in [-0.2, -0.15) is 12.6 Å². The van der Waals surface area contributed by atoms with Crippen LogP contribution in [0.1, 0.15) is 32.8 Å². The largest absolute Gasteiger partial charge is 0.489 e. The number of ether oxygens (including phenoxy) is 2. The van der Waals surface area contributed by atoms with Crippen molar-refractivity contribution in [3.8, 4) is 11.5 Å². The van der Waals surface area contributed by atoms with E-state index in [1.54, 1.807) is 0 Å². The standard InChI is InChI=1S/C15H22O2S/c1-4-11(10-18)9-16-13-7-5-6-12-8-15(2,3)17-14(12)13/h5-7,11,18H,4,8-10H2,1-3H3. The van der Waals surface area contributed by atoms with Crippen LogP contribution in [0.2, 0.25) is 0 Å². The molecule has 0 fully saturated rings. The molecule has 100 valence electrons. The van der Waals surface area contributed by atoms with Gasteiger partial charge in [0.05, 0.1) is 6.61 Å². The number of thiol groups is 1. The minimum absolute atomic E-state index is 0.116. The van der Waals surface area contributed by atoms with E-state index in [4.69, 9.17) is 9.47 Å². The zero-order valence-corrected chi connectivity index (χ0v) is 12.3. The van der Waals surface area contributed by atoms with Gasteiger partial charge in [-0.15, -0.1) is 0 Å². The van der Waals surface area contributed by atoms with E-state index in [1.165, 1.54) is 5.56 Å². The van der Waals surface area contributed by atoms with Crippen molar-refractivity contribution in [1.82, 2.24) is 0 Å². The number of hydrogen-bond acceptors (Lipinski definition) is 3. The van der Waals surface area contributed by atoms with E-state index in [1.807, 2.05) is 12.1 Å². The fourth-order valence-electron chi connectivity index (χ4n) is 2.21. The molecule has 1 heterocycles. The maximum atomic E-state index is 5.98. The summed E-state index contributed by atoms with van der Waals surface area (Å²) in [5.74, 6) is 3.16. The second-order valence-electron chi connectivity index (χ2n) is 5.55. The summed E-state index contributed by atoms with van der Waals surface area (Å²) in [4.78, 5) is 0. The molecule has 1 atom stereocenters. The van der Waals surface area contributed by atoms with Gasteiger partial charge in [0, 0.05) is 17.9 Å². The van der Waals surface area contributed by atoms with Crippen molar-refractivity contribution in [2.24, 2.45) is 5.92 Å². The number of fused-ring (bicyclic) bond motifs is 1. The van der Waals surface area contributed by atoms with Crippen LogP contribution in [0.25, 0.3) is 0 Å². The third-order valence-electron chi connectivity index (χ3n) is 3.37. The molecule has 1 aromatic rings. The Bertz CT molecular complexity index is 411. The van der Waals surface area contributed by atoms with Crippen LogP contribution >= 0.6 is 12.6 Å². The van der Waals surface area contributed by atoms with E-state index in [2.05, 4.69) is 39.5 Å². The predicted molar refractivity (Wildman–Crippen MR) is 78.0 cm³/mol. The molecule has 0 bridgehead atoms. The Hall–Kier alpha value is -0.830. The van der Waals surface area contributed by atoms with Crippen LogP contribution in [0.5, 0.6) is 11.5 Å². The lowest BCUT2D eigenvalue weighted by molar-refractivity contribution is 0.130. The summed E-state index contributed by atoms with van der Waals surface area (Å²) in [5, 5.41) is 0. The number of para-hydroxylation sites is 1. The average Bonchev–Trinajstić information content (AvgIpc) is 2.65. The Labute approximate surface area is 115 Å². The van der Waals surface area contributed by atoms with Gasteiger partial charge in [0.1, 0.15) is 5.60 Å². The van der Waals surface area contributed by atoms with Crippen molar-refractivity contribution in [3.05, 3.63) is 23.8 Å². The van der Waals surface area contributed by atoms with Gasteiger partial charge in [-0.25, -0.2) is 0 Å². The summed E-state index contributed by atoms with van der Waals surface area (Å²) in [5.41, 5.74) is 1.13. The number of hydrogen-bond donors (Lipinski definition) is 1. The lowest BCUT2D eigenvalue weighted by Crippen LogP contribution is -2.24. The van der Waals surface area contributed by atoms with Gasteiger partial charge in [0.25, 0.3) is 0 Å². The quantitative estimate of drug-likeness (QED) is 0.819. The monoisotopic (exact) mass is 266 g/mol. The Morgan fingerprint density at radius 3 is 2.89 bits per heavy atom. The topological polar surface area (TPSA) is 18.5 Å². The molecular formula is C15H22O2S. The molecule has 2 nitrogen and oxygen atoms in total. The molecular weight excluding hydrogens is 244 g/mol. The molecule has 0 aliphatic carbocycles. The van der Waals surface area contributed by atoms with E-state index in [0.717, 1.165) is 30.1 Å². The number of benzene rings is 1. The molecule has 0 aromatic heterocycles. The van der Waals surface area contributed by atoms with Crippen LogP contribution < -0.4 is 9.47 Å². The maximum Gasteiger partial charge on any atom is 0.165 e. The van der Waals surface area contributed by atoms with Crippen molar-refractivity contribution in [3.63, 3.8) is 0 Å². The van der Waals surface area contributed by atoms with Crippen LogP contribution in [0, 0.1) is 5.92 Å². The van der Waals surface area contributed by atoms with Crippen molar-refractivity contribution in [2.75, 3.05) is 12.4 Å². The molecule has 0 N–H and O–H groups in total. The highest BCUT2D eigenvalue weighted by atomic mass is 32.1. The van der Waals surface area contributed by atoms with Crippen LogP contribution in [-0.4, -0.2) is 18.0 Å². The molecule has 0 amide bonds. The summed E-state index contributed by atoms with van der Waals surface area (Å²) < 4.78 is 11.9. The Morgan fingerprint density at radius 2 is 2.22 bits per heavy atom. The van der Waals surface area contributed by atoms with Crippen molar-refractivity contribution < 1.29 is 9.47 Å². The van der Waals surface area contributed by atoms with E-state index >= 15 is 0 Å². The van der Waals surface area contributed by atoms with Gasteiger partial charge in [-0.05, 0) is 32.1 Å². The first-order chi connectivity index (χ1) is 8.55. The predicted octanol–water partition coefficient (Wildman–Crippen LogP) is 3.73. The molecule has 1 aliphatic rings. The molecule has 3 heteroatoms. The molecule has 0 spiro atoms. The normalized spacial score (nSPS) is 18.0. The van der Waals surface area contributed by atoms with Crippen LogP contribution in [-0.2, 0) is 6.42 Å². The highest BCUT2D eigenvalue weighted by Crippen LogP contribution is 2.41. The minimum Gasteiger partial charge on any atom is -0.489 e. The molecule has 0 saturated carbocycles. The van der Waals surface area contributed by atoms with Crippen molar-refractivity contribution in [2.45, 2.75) is 39.2 Å². The molecule has 1 unspecified atom stereocenters. The molecule has 2 rings (SSSR count). The van der Waals surface area contributed by atoms with Gasteiger partial charge < -0.3 is 9.47 Å². The van der Waals surface area contributed by atoms with Crippen molar-refractivity contribution >= 4 is 12.6 Å². The fraction of sp³-hybridized carbons (Fsp3) is 0.600. The van der Waals surface area contributed by atoms with E-state index in [0.29, 0.717) is 12.5 Å². The maximum absolute atomic E-state index is 5.98. The van der Waals surface area contributed by atoms with Gasteiger partial charge >= 0.3 is 0 Å². The lowest BCUT2D eigenvalue weighted by atomic mass is 10.0. The van der Waals surface area contributed by atoms with Crippen LogP contribution in [0.15, 0.2) is 18.2 Å². The van der Waals surface area contributed by atoms with E-state index < -0.39 is 0 Å². The highest BCUT2D eigenvalue weighted by molar-refractivity contribution is 7.80. The molecule has 0 radical (unpaired) electrons. The zero-order valence-electron chi connectivity index (χ0n) is 11.4. The third-order valence-corrected chi connectivity index (χ3v) is 3.88. The summed E-state index contributed by atoms with van der Waals surface area (Å²) in [6.07, 6.45) is 2.04. The Kier molecular flexibility index (Phi) is 4.10. The summed E-state index contributed by atoms with van der Waals surface area (Å²) in [6.45, 7) is 7.10. The van der Waals surface area contributed by atoms with Gasteiger partial charge in [-0.3, -0.25) is 0 Å². The van der Waals surface area contributed by atoms with E-state index in [9.17, 15) is 0 Å². The summed E-state index contributed by atoms with van der Waals surface area (Å²) >= 11 is 4.34. The first-order valence-corrected chi connectivity index (χ1v) is 7.23. The number of rotatable bonds is 5. The third kappa shape index (κ3) is 2.94. The molecule has 1 aliphatic heterocycles. The fourth-order valence-corrected chi connectivity index (χ4v) is 2.57. The molecule has 18 heavy (non-hydrogen) atoms.